The van der Waals surface area contributed by atoms with E-state index in [4.69, 9.17) is 4.74 Å². The summed E-state index contributed by atoms with van der Waals surface area (Å²) in [5.74, 6) is -0.525. The summed E-state index contributed by atoms with van der Waals surface area (Å²) in [5, 5.41) is 5.69. The summed E-state index contributed by atoms with van der Waals surface area (Å²) < 4.78 is 5.18. The maximum Gasteiger partial charge on any atom is 0.338 e. The molecule has 1 aliphatic rings. The van der Waals surface area contributed by atoms with Crippen molar-refractivity contribution >= 4 is 23.6 Å². The van der Waals surface area contributed by atoms with Crippen molar-refractivity contribution < 1.29 is 19.1 Å². The van der Waals surface area contributed by atoms with Crippen LogP contribution in [0.15, 0.2) is 35.5 Å². The minimum atomic E-state index is -0.639. The highest BCUT2D eigenvalue weighted by Crippen LogP contribution is 2.31. The lowest BCUT2D eigenvalue weighted by atomic mass is 9.94. The highest BCUT2D eigenvalue weighted by atomic mass is 16.5. The molecular weight excluding hydrogens is 346 g/mol. The Morgan fingerprint density at radius 3 is 2.70 bits per heavy atom. The molecule has 146 valence electrons. The molecule has 0 aromatic heterocycles. The second-order valence-corrected chi connectivity index (χ2v) is 6.44. The highest BCUT2D eigenvalue weighted by Gasteiger charge is 2.35. The number of hydrogen-bond donors (Lipinski definition) is 2. The molecule has 27 heavy (non-hydrogen) atoms. The van der Waals surface area contributed by atoms with Gasteiger partial charge in [-0.2, -0.15) is 0 Å². The van der Waals surface area contributed by atoms with Crippen LogP contribution in [-0.2, 0) is 14.3 Å². The lowest BCUT2D eigenvalue weighted by molar-refractivity contribution is -0.139. The summed E-state index contributed by atoms with van der Waals surface area (Å²) in [6.45, 7) is 5.73. The van der Waals surface area contributed by atoms with Gasteiger partial charge >= 0.3 is 12.0 Å². The normalized spacial score (nSPS) is 16.8. The van der Waals surface area contributed by atoms with Crippen molar-refractivity contribution in [1.82, 2.24) is 10.2 Å². The monoisotopic (exact) mass is 373 g/mol. The molecule has 2 N–H and O–H groups in total. The third kappa shape index (κ3) is 4.87. The SMILES string of the molecule is CCCCC(=O)Nc1cccc(C2NC(=O)N(C)C(C)=C2C(=O)OCC)c1. The van der Waals surface area contributed by atoms with Crippen LogP contribution in [0.5, 0.6) is 0 Å². The predicted molar refractivity (Wildman–Crippen MR) is 103 cm³/mol. The van der Waals surface area contributed by atoms with Gasteiger partial charge < -0.3 is 20.3 Å². The summed E-state index contributed by atoms with van der Waals surface area (Å²) in [7, 11) is 1.60. The van der Waals surface area contributed by atoms with E-state index >= 15 is 0 Å². The number of esters is 1. The molecule has 0 saturated carbocycles. The van der Waals surface area contributed by atoms with E-state index in [2.05, 4.69) is 10.6 Å². The number of carbonyl (C=O) groups is 3. The molecule has 1 atom stereocenters. The van der Waals surface area contributed by atoms with Crippen molar-refractivity contribution in [2.24, 2.45) is 0 Å². The van der Waals surface area contributed by atoms with Crippen LogP contribution in [0.3, 0.4) is 0 Å². The molecule has 1 unspecified atom stereocenters. The van der Waals surface area contributed by atoms with Gasteiger partial charge in [-0.05, 0) is 38.0 Å². The van der Waals surface area contributed by atoms with Gasteiger partial charge in [0, 0.05) is 24.9 Å². The predicted octanol–water partition coefficient (Wildman–Crippen LogP) is 3.35. The van der Waals surface area contributed by atoms with Crippen molar-refractivity contribution in [3.63, 3.8) is 0 Å². The van der Waals surface area contributed by atoms with Gasteiger partial charge in [0.1, 0.15) is 0 Å². The Kier molecular flexibility index (Phi) is 6.98. The van der Waals surface area contributed by atoms with Crippen LogP contribution in [-0.4, -0.2) is 36.5 Å². The molecule has 3 amide bonds. The van der Waals surface area contributed by atoms with Crippen LogP contribution >= 0.6 is 0 Å². The number of unbranched alkanes of at least 4 members (excludes halogenated alkanes) is 1. The van der Waals surface area contributed by atoms with Crippen LogP contribution in [0.4, 0.5) is 10.5 Å². The number of rotatable bonds is 7. The molecule has 1 aromatic carbocycles. The number of anilines is 1. The van der Waals surface area contributed by atoms with Gasteiger partial charge in [0.2, 0.25) is 5.91 Å². The quantitative estimate of drug-likeness (QED) is 0.718. The minimum absolute atomic E-state index is 0.0567. The molecule has 0 spiro atoms. The van der Waals surface area contributed by atoms with E-state index in [0.717, 1.165) is 12.8 Å². The molecule has 7 heteroatoms. The number of hydrogen-bond acceptors (Lipinski definition) is 4. The summed E-state index contributed by atoms with van der Waals surface area (Å²) >= 11 is 0. The molecule has 0 saturated heterocycles. The van der Waals surface area contributed by atoms with Gasteiger partial charge in [0.05, 0.1) is 18.2 Å². The lowest BCUT2D eigenvalue weighted by Gasteiger charge is -2.33. The summed E-state index contributed by atoms with van der Waals surface area (Å²) in [4.78, 5) is 38.1. The van der Waals surface area contributed by atoms with Crippen molar-refractivity contribution in [1.29, 1.82) is 0 Å². The zero-order valence-electron chi connectivity index (χ0n) is 16.3. The molecule has 2 rings (SSSR count). The van der Waals surface area contributed by atoms with Gasteiger partial charge in [-0.3, -0.25) is 4.79 Å². The number of ether oxygens (including phenoxy) is 1. The number of allylic oxidation sites excluding steroid dienone is 1. The van der Waals surface area contributed by atoms with Crippen molar-refractivity contribution in [2.75, 3.05) is 19.0 Å². The fourth-order valence-corrected chi connectivity index (χ4v) is 2.92. The fraction of sp³-hybridized carbons (Fsp3) is 0.450. The van der Waals surface area contributed by atoms with Crippen LogP contribution in [0.1, 0.15) is 51.6 Å². The van der Waals surface area contributed by atoms with Crippen molar-refractivity contribution in [2.45, 2.75) is 46.1 Å². The topological polar surface area (TPSA) is 87.7 Å². The highest BCUT2D eigenvalue weighted by molar-refractivity contribution is 5.95. The van der Waals surface area contributed by atoms with Crippen LogP contribution < -0.4 is 10.6 Å². The molecule has 1 heterocycles. The van der Waals surface area contributed by atoms with E-state index < -0.39 is 12.0 Å². The molecule has 1 aliphatic heterocycles. The Bertz CT molecular complexity index is 757. The molecule has 1 aromatic rings. The van der Waals surface area contributed by atoms with Gasteiger partial charge in [-0.15, -0.1) is 0 Å². The molecular formula is C20H27N3O4. The first-order valence-electron chi connectivity index (χ1n) is 9.20. The number of benzene rings is 1. The first-order valence-corrected chi connectivity index (χ1v) is 9.20. The maximum atomic E-state index is 12.5. The molecule has 0 radical (unpaired) electrons. The number of amides is 3. The zero-order valence-corrected chi connectivity index (χ0v) is 16.3. The molecule has 7 nitrogen and oxygen atoms in total. The van der Waals surface area contributed by atoms with Gasteiger partial charge in [0.15, 0.2) is 0 Å². The van der Waals surface area contributed by atoms with E-state index in [1.807, 2.05) is 13.0 Å². The van der Waals surface area contributed by atoms with E-state index in [1.54, 1.807) is 39.1 Å². The molecule has 0 aliphatic carbocycles. The molecule has 0 fully saturated rings. The van der Waals surface area contributed by atoms with Crippen molar-refractivity contribution in [3.8, 4) is 0 Å². The largest absolute Gasteiger partial charge is 0.463 e. The smallest absolute Gasteiger partial charge is 0.338 e. The van der Waals surface area contributed by atoms with Crippen LogP contribution in [0, 0.1) is 0 Å². The third-order valence-electron chi connectivity index (χ3n) is 4.51. The number of carbonyl (C=O) groups excluding carboxylic acids is 3. The zero-order chi connectivity index (χ0) is 20.0. The standard InChI is InChI=1S/C20H27N3O4/c1-5-7-11-16(24)21-15-10-8-9-14(12-15)18-17(19(25)27-6-2)13(3)23(4)20(26)22-18/h8-10,12,18H,5-7,11H2,1-4H3,(H,21,24)(H,22,26). The van der Waals surface area contributed by atoms with E-state index in [0.29, 0.717) is 28.9 Å². The number of urea groups is 1. The second kappa shape index (κ2) is 9.21. The maximum absolute atomic E-state index is 12.5. The van der Waals surface area contributed by atoms with Gasteiger partial charge in [-0.1, -0.05) is 25.5 Å². The van der Waals surface area contributed by atoms with E-state index in [1.165, 1.54) is 4.90 Å². The Hall–Kier alpha value is -2.83. The number of nitrogens with one attached hydrogen (secondary N) is 2. The third-order valence-corrected chi connectivity index (χ3v) is 4.51. The van der Waals surface area contributed by atoms with Gasteiger partial charge in [0.25, 0.3) is 0 Å². The Morgan fingerprint density at radius 2 is 2.04 bits per heavy atom. The van der Waals surface area contributed by atoms with Crippen LogP contribution in [0.2, 0.25) is 0 Å². The lowest BCUT2D eigenvalue weighted by Crippen LogP contribution is -2.46. The van der Waals surface area contributed by atoms with E-state index in [9.17, 15) is 14.4 Å². The van der Waals surface area contributed by atoms with Crippen LogP contribution in [0.25, 0.3) is 0 Å². The average Bonchev–Trinajstić information content (AvgIpc) is 2.64. The Labute approximate surface area is 159 Å². The summed E-state index contributed by atoms with van der Waals surface area (Å²) in [6.07, 6.45) is 2.23. The minimum Gasteiger partial charge on any atom is -0.463 e. The van der Waals surface area contributed by atoms with Gasteiger partial charge in [-0.25, -0.2) is 9.59 Å². The first-order chi connectivity index (χ1) is 12.9. The first kappa shape index (κ1) is 20.5. The fourth-order valence-electron chi connectivity index (χ4n) is 2.92. The summed E-state index contributed by atoms with van der Waals surface area (Å²) in [5.41, 5.74) is 2.25. The average molecular weight is 373 g/mol. The van der Waals surface area contributed by atoms with Crippen molar-refractivity contribution in [3.05, 3.63) is 41.1 Å². The number of nitrogens with zero attached hydrogens (tertiary/aromatic N) is 1. The van der Waals surface area contributed by atoms with E-state index in [-0.39, 0.29) is 18.5 Å². The summed E-state index contributed by atoms with van der Waals surface area (Å²) in [6, 6.07) is 6.21. The molecule has 0 bridgehead atoms. The Balaban J connectivity index is 2.34. The second-order valence-electron chi connectivity index (χ2n) is 6.44. The Morgan fingerprint density at radius 1 is 1.30 bits per heavy atom.